The molecule has 6 nitrogen and oxygen atoms in total. The molecule has 4 rings (SSSR count). The molecule has 2 fully saturated rings. The fourth-order valence-corrected chi connectivity index (χ4v) is 3.79. The van der Waals surface area contributed by atoms with E-state index in [1.54, 1.807) is 0 Å². The Balaban J connectivity index is 1.25. The molecule has 30 heavy (non-hydrogen) atoms. The molecule has 0 bridgehead atoms. The van der Waals surface area contributed by atoms with E-state index in [4.69, 9.17) is 18.9 Å². The first-order valence-electron chi connectivity index (χ1n) is 11.2. The van der Waals surface area contributed by atoms with Crippen molar-refractivity contribution in [2.75, 3.05) is 13.2 Å². The Bertz CT molecular complexity index is 754. The Labute approximate surface area is 178 Å². The van der Waals surface area contributed by atoms with Crippen molar-refractivity contribution >= 4 is 0 Å². The fraction of sp³-hybridized carbons (Fsp3) is 0.583. The standard InChI is InChI=1S/C24H32N2O4/c1-18(29-23-6-2-4-14-27-23)8-13-22-25-16-20(17-26-22)19-9-11-21(12-10-19)30-24-7-3-5-15-28-24/h9-12,16-18,23-24H,2-8,13-15H2,1H3. The van der Waals surface area contributed by atoms with Crippen LogP contribution in [0.4, 0.5) is 0 Å². The summed E-state index contributed by atoms with van der Waals surface area (Å²) in [6.07, 6.45) is 12.0. The van der Waals surface area contributed by atoms with Crippen LogP contribution in [0.1, 0.15) is 57.7 Å². The Morgan fingerprint density at radius 2 is 1.57 bits per heavy atom. The van der Waals surface area contributed by atoms with Gasteiger partial charge in [-0.05, 0) is 63.1 Å². The average Bonchev–Trinajstić information content (AvgIpc) is 2.80. The van der Waals surface area contributed by atoms with Crippen LogP contribution < -0.4 is 4.74 Å². The van der Waals surface area contributed by atoms with Crippen LogP contribution in [-0.4, -0.2) is 41.9 Å². The number of nitrogens with zero attached hydrogens (tertiary/aromatic N) is 2. The van der Waals surface area contributed by atoms with Gasteiger partial charge in [0.15, 0.2) is 12.6 Å². The summed E-state index contributed by atoms with van der Waals surface area (Å²) >= 11 is 0. The molecule has 0 N–H and O–H groups in total. The van der Waals surface area contributed by atoms with Gasteiger partial charge in [0, 0.05) is 37.4 Å². The minimum absolute atomic E-state index is 0.0475. The largest absolute Gasteiger partial charge is 0.465 e. The maximum atomic E-state index is 5.97. The summed E-state index contributed by atoms with van der Waals surface area (Å²) in [5.74, 6) is 1.67. The summed E-state index contributed by atoms with van der Waals surface area (Å²) in [6, 6.07) is 8.04. The van der Waals surface area contributed by atoms with Crippen LogP contribution in [0.5, 0.6) is 5.75 Å². The van der Waals surface area contributed by atoms with E-state index in [0.717, 1.165) is 80.9 Å². The van der Waals surface area contributed by atoms with Crippen LogP contribution in [0.2, 0.25) is 0 Å². The van der Waals surface area contributed by atoms with Gasteiger partial charge in [0.1, 0.15) is 11.6 Å². The number of hydrogen-bond acceptors (Lipinski definition) is 6. The highest BCUT2D eigenvalue weighted by Crippen LogP contribution is 2.24. The fourth-order valence-electron chi connectivity index (χ4n) is 3.79. The second-order valence-corrected chi connectivity index (χ2v) is 8.11. The zero-order chi connectivity index (χ0) is 20.6. The van der Waals surface area contributed by atoms with Crippen molar-refractivity contribution in [1.82, 2.24) is 9.97 Å². The second kappa shape index (κ2) is 10.8. The number of aryl methyl sites for hydroxylation is 1. The molecule has 1 aromatic carbocycles. The Hall–Kier alpha value is -2.02. The van der Waals surface area contributed by atoms with Crippen molar-refractivity contribution in [2.24, 2.45) is 0 Å². The van der Waals surface area contributed by atoms with Gasteiger partial charge in [0.05, 0.1) is 12.7 Å². The normalized spacial score (nSPS) is 23.1. The van der Waals surface area contributed by atoms with E-state index >= 15 is 0 Å². The van der Waals surface area contributed by atoms with E-state index in [9.17, 15) is 0 Å². The first-order valence-corrected chi connectivity index (χ1v) is 11.2. The molecular formula is C24H32N2O4. The first-order chi connectivity index (χ1) is 14.8. The number of ether oxygens (including phenoxy) is 4. The molecular weight excluding hydrogens is 380 g/mol. The van der Waals surface area contributed by atoms with Gasteiger partial charge >= 0.3 is 0 Å². The highest BCUT2D eigenvalue weighted by molar-refractivity contribution is 5.62. The number of hydrogen-bond donors (Lipinski definition) is 0. The summed E-state index contributed by atoms with van der Waals surface area (Å²) in [5, 5.41) is 0. The lowest BCUT2D eigenvalue weighted by Gasteiger charge is -2.25. The van der Waals surface area contributed by atoms with Gasteiger partial charge in [-0.2, -0.15) is 0 Å². The Morgan fingerprint density at radius 1 is 0.900 bits per heavy atom. The van der Waals surface area contributed by atoms with E-state index in [1.165, 1.54) is 6.42 Å². The van der Waals surface area contributed by atoms with Crippen LogP contribution >= 0.6 is 0 Å². The Morgan fingerprint density at radius 3 is 2.20 bits per heavy atom. The Kier molecular flexibility index (Phi) is 7.67. The van der Waals surface area contributed by atoms with Crippen LogP contribution in [0, 0.1) is 0 Å². The number of aromatic nitrogens is 2. The number of rotatable bonds is 8. The number of benzene rings is 1. The molecule has 2 aromatic rings. The smallest absolute Gasteiger partial charge is 0.199 e. The van der Waals surface area contributed by atoms with Crippen molar-refractivity contribution in [3.05, 3.63) is 42.5 Å². The minimum atomic E-state index is -0.122. The van der Waals surface area contributed by atoms with Crippen LogP contribution in [0.3, 0.4) is 0 Å². The maximum absolute atomic E-state index is 5.97. The zero-order valence-corrected chi connectivity index (χ0v) is 17.8. The van der Waals surface area contributed by atoms with E-state index in [-0.39, 0.29) is 18.7 Å². The molecule has 2 saturated heterocycles. The SMILES string of the molecule is CC(CCc1ncc(-c2ccc(OC3CCCCO3)cc2)cn1)OC1CCCCO1. The van der Waals surface area contributed by atoms with Crippen LogP contribution in [0.25, 0.3) is 11.1 Å². The van der Waals surface area contributed by atoms with Gasteiger partial charge in [-0.15, -0.1) is 0 Å². The minimum Gasteiger partial charge on any atom is -0.465 e. The van der Waals surface area contributed by atoms with Gasteiger partial charge in [-0.25, -0.2) is 9.97 Å². The van der Waals surface area contributed by atoms with Crippen LogP contribution in [-0.2, 0) is 20.6 Å². The van der Waals surface area contributed by atoms with Gasteiger partial charge in [-0.3, -0.25) is 0 Å². The molecule has 0 radical (unpaired) electrons. The maximum Gasteiger partial charge on any atom is 0.199 e. The molecule has 2 aliphatic rings. The molecule has 3 atom stereocenters. The summed E-state index contributed by atoms with van der Waals surface area (Å²) in [6.45, 7) is 3.68. The summed E-state index contributed by atoms with van der Waals surface area (Å²) < 4.78 is 23.2. The third-order valence-corrected chi connectivity index (χ3v) is 5.59. The summed E-state index contributed by atoms with van der Waals surface area (Å²) in [5.41, 5.74) is 2.07. The summed E-state index contributed by atoms with van der Waals surface area (Å²) in [7, 11) is 0. The quantitative estimate of drug-likeness (QED) is 0.614. The molecule has 162 valence electrons. The van der Waals surface area contributed by atoms with Crippen molar-refractivity contribution in [1.29, 1.82) is 0 Å². The molecule has 0 amide bonds. The molecule has 0 saturated carbocycles. The predicted molar refractivity (Wildman–Crippen MR) is 114 cm³/mol. The molecule has 2 aliphatic heterocycles. The topological polar surface area (TPSA) is 62.7 Å². The van der Waals surface area contributed by atoms with Gasteiger partial charge in [0.25, 0.3) is 0 Å². The van der Waals surface area contributed by atoms with Crippen LogP contribution in [0.15, 0.2) is 36.7 Å². The third-order valence-electron chi connectivity index (χ3n) is 5.59. The molecule has 0 aliphatic carbocycles. The first kappa shape index (κ1) is 21.2. The molecule has 1 aromatic heterocycles. The van der Waals surface area contributed by atoms with E-state index in [0.29, 0.717) is 0 Å². The molecule has 6 heteroatoms. The lowest BCUT2D eigenvalue weighted by molar-refractivity contribution is -0.185. The van der Waals surface area contributed by atoms with Crippen molar-refractivity contribution < 1.29 is 18.9 Å². The van der Waals surface area contributed by atoms with Gasteiger partial charge in [0.2, 0.25) is 0 Å². The van der Waals surface area contributed by atoms with E-state index in [2.05, 4.69) is 16.9 Å². The van der Waals surface area contributed by atoms with Gasteiger partial charge in [-0.1, -0.05) is 12.1 Å². The van der Waals surface area contributed by atoms with E-state index < -0.39 is 0 Å². The average molecular weight is 413 g/mol. The van der Waals surface area contributed by atoms with E-state index in [1.807, 2.05) is 36.7 Å². The molecule has 3 heterocycles. The van der Waals surface area contributed by atoms with Crippen molar-refractivity contribution in [2.45, 2.75) is 77.0 Å². The zero-order valence-electron chi connectivity index (χ0n) is 17.8. The predicted octanol–water partition coefficient (Wildman–Crippen LogP) is 4.91. The van der Waals surface area contributed by atoms with Crippen molar-refractivity contribution in [3.8, 4) is 16.9 Å². The monoisotopic (exact) mass is 412 g/mol. The van der Waals surface area contributed by atoms with Crippen molar-refractivity contribution in [3.63, 3.8) is 0 Å². The molecule has 3 unspecified atom stereocenters. The lowest BCUT2D eigenvalue weighted by Crippen LogP contribution is -2.26. The second-order valence-electron chi connectivity index (χ2n) is 8.11. The van der Waals surface area contributed by atoms with Gasteiger partial charge < -0.3 is 18.9 Å². The lowest BCUT2D eigenvalue weighted by atomic mass is 10.1. The summed E-state index contributed by atoms with van der Waals surface area (Å²) in [4.78, 5) is 9.08. The highest BCUT2D eigenvalue weighted by atomic mass is 16.7. The molecule has 0 spiro atoms. The third kappa shape index (κ3) is 6.24. The highest BCUT2D eigenvalue weighted by Gasteiger charge is 2.17.